The Kier molecular flexibility index (Phi) is 6.97. The second-order valence-electron chi connectivity index (χ2n) is 8.02. The van der Waals surface area contributed by atoms with Gasteiger partial charge in [0.1, 0.15) is 28.4 Å². The highest BCUT2D eigenvalue weighted by atomic mass is 35.5. The Bertz CT molecular complexity index is 946. The number of ether oxygens (including phenoxy) is 2. The summed E-state index contributed by atoms with van der Waals surface area (Å²) >= 11 is 5.77. The lowest BCUT2D eigenvalue weighted by Crippen LogP contribution is -2.58. The van der Waals surface area contributed by atoms with E-state index in [2.05, 4.69) is 20.6 Å². The van der Waals surface area contributed by atoms with Crippen LogP contribution in [0.5, 0.6) is 5.75 Å². The fourth-order valence-corrected chi connectivity index (χ4v) is 3.23. The van der Waals surface area contributed by atoms with Gasteiger partial charge >= 0.3 is 5.97 Å². The third-order valence-corrected chi connectivity index (χ3v) is 4.71. The van der Waals surface area contributed by atoms with E-state index < -0.39 is 17.6 Å². The van der Waals surface area contributed by atoms with E-state index in [1.165, 1.54) is 24.4 Å². The van der Waals surface area contributed by atoms with Crippen LogP contribution in [0, 0.1) is 0 Å². The number of anilines is 2. The standard InChI is InChI=1S/C21H26ClN5O4/c1-21(2,3)31-20(29)15-10-23-7-8-27(15)19(28)13-5-6-14(16(9-13)30-4)26-18-12-24-17(22)11-25-18/h5-6,9,11-12,15,23H,7-8,10H2,1-4H3,(H,25,26). The summed E-state index contributed by atoms with van der Waals surface area (Å²) in [6, 6.07) is 4.31. The van der Waals surface area contributed by atoms with E-state index >= 15 is 0 Å². The van der Waals surface area contributed by atoms with Crippen LogP contribution in [0.15, 0.2) is 30.6 Å². The molecule has 1 saturated heterocycles. The number of carbonyl (C=O) groups is 2. The second-order valence-corrected chi connectivity index (χ2v) is 8.40. The van der Waals surface area contributed by atoms with E-state index in [1.54, 1.807) is 39.0 Å². The Morgan fingerprint density at radius 2 is 2.03 bits per heavy atom. The van der Waals surface area contributed by atoms with Crippen LogP contribution in [-0.2, 0) is 9.53 Å². The fourth-order valence-electron chi connectivity index (χ4n) is 3.14. The smallest absolute Gasteiger partial charge is 0.330 e. The molecule has 0 saturated carbocycles. The minimum atomic E-state index is -0.700. The van der Waals surface area contributed by atoms with Gasteiger partial charge in [-0.25, -0.2) is 14.8 Å². The number of esters is 1. The lowest BCUT2D eigenvalue weighted by atomic mass is 10.1. The van der Waals surface area contributed by atoms with Crippen molar-refractivity contribution >= 4 is 35.0 Å². The SMILES string of the molecule is COc1cc(C(=O)N2CCNCC2C(=O)OC(C)(C)C)ccc1Nc1cnc(Cl)cn1. The average molecular weight is 448 g/mol. The monoisotopic (exact) mass is 447 g/mol. The highest BCUT2D eigenvalue weighted by Gasteiger charge is 2.35. The molecule has 1 aliphatic heterocycles. The number of hydrogen-bond donors (Lipinski definition) is 2. The number of amides is 1. The molecule has 9 nitrogen and oxygen atoms in total. The summed E-state index contributed by atoms with van der Waals surface area (Å²) in [5, 5.41) is 6.52. The van der Waals surface area contributed by atoms with Crippen molar-refractivity contribution in [2.24, 2.45) is 0 Å². The van der Waals surface area contributed by atoms with Crippen LogP contribution in [0.1, 0.15) is 31.1 Å². The Morgan fingerprint density at radius 3 is 2.68 bits per heavy atom. The molecule has 2 N–H and O–H groups in total. The van der Waals surface area contributed by atoms with E-state index in [0.29, 0.717) is 42.5 Å². The molecule has 1 aliphatic rings. The van der Waals surface area contributed by atoms with Crippen molar-refractivity contribution in [2.45, 2.75) is 32.4 Å². The number of nitrogens with zero attached hydrogens (tertiary/aromatic N) is 3. The highest BCUT2D eigenvalue weighted by Crippen LogP contribution is 2.29. The lowest BCUT2D eigenvalue weighted by Gasteiger charge is -2.36. The third kappa shape index (κ3) is 5.83. The molecular formula is C21H26ClN5O4. The molecule has 1 atom stereocenters. The number of piperazine rings is 1. The summed E-state index contributed by atoms with van der Waals surface area (Å²) in [4.78, 5) is 35.5. The van der Waals surface area contributed by atoms with Gasteiger partial charge in [-0.3, -0.25) is 4.79 Å². The quantitative estimate of drug-likeness (QED) is 0.674. The molecule has 0 radical (unpaired) electrons. The zero-order valence-electron chi connectivity index (χ0n) is 17.9. The van der Waals surface area contributed by atoms with Crippen LogP contribution >= 0.6 is 11.6 Å². The largest absolute Gasteiger partial charge is 0.495 e. The second kappa shape index (κ2) is 9.49. The molecule has 2 aromatic rings. The molecule has 31 heavy (non-hydrogen) atoms. The van der Waals surface area contributed by atoms with Crippen LogP contribution in [0.2, 0.25) is 5.15 Å². The molecule has 3 rings (SSSR count). The number of methoxy groups -OCH3 is 1. The average Bonchev–Trinajstić information content (AvgIpc) is 2.74. The van der Waals surface area contributed by atoms with Gasteiger partial charge in [0.2, 0.25) is 0 Å². The number of benzene rings is 1. The Labute approximate surface area is 186 Å². The van der Waals surface area contributed by atoms with Crippen molar-refractivity contribution in [3.05, 3.63) is 41.3 Å². The van der Waals surface area contributed by atoms with Crippen molar-refractivity contribution in [1.82, 2.24) is 20.2 Å². The molecule has 0 aliphatic carbocycles. The summed E-state index contributed by atoms with van der Waals surface area (Å²) in [5.41, 5.74) is 0.379. The van der Waals surface area contributed by atoms with E-state index in [4.69, 9.17) is 21.1 Å². The van der Waals surface area contributed by atoms with Crippen LogP contribution < -0.4 is 15.4 Å². The summed E-state index contributed by atoms with van der Waals surface area (Å²) in [6.07, 6.45) is 2.92. The summed E-state index contributed by atoms with van der Waals surface area (Å²) in [5.74, 6) is 0.230. The lowest BCUT2D eigenvalue weighted by molar-refractivity contribution is -0.161. The Hall–Kier alpha value is -2.91. The number of rotatable bonds is 5. The van der Waals surface area contributed by atoms with Crippen molar-refractivity contribution in [2.75, 3.05) is 32.1 Å². The van der Waals surface area contributed by atoms with Gasteiger partial charge in [-0.15, -0.1) is 0 Å². The van der Waals surface area contributed by atoms with Gasteiger partial charge in [-0.1, -0.05) is 11.6 Å². The van der Waals surface area contributed by atoms with Crippen LogP contribution in [-0.4, -0.2) is 65.1 Å². The predicted molar refractivity (Wildman–Crippen MR) is 117 cm³/mol. The topological polar surface area (TPSA) is 106 Å². The first kappa shape index (κ1) is 22.8. The molecule has 10 heteroatoms. The van der Waals surface area contributed by atoms with Gasteiger partial charge in [0, 0.05) is 25.2 Å². The third-order valence-electron chi connectivity index (χ3n) is 4.51. The first-order valence-corrected chi connectivity index (χ1v) is 10.2. The molecule has 1 fully saturated rings. The van der Waals surface area contributed by atoms with E-state index in [0.717, 1.165) is 0 Å². The van der Waals surface area contributed by atoms with Gasteiger partial charge in [0.15, 0.2) is 0 Å². The maximum Gasteiger partial charge on any atom is 0.330 e. The fraction of sp³-hybridized carbons (Fsp3) is 0.429. The Morgan fingerprint density at radius 1 is 1.26 bits per heavy atom. The van der Waals surface area contributed by atoms with Gasteiger partial charge < -0.3 is 25.0 Å². The van der Waals surface area contributed by atoms with Gasteiger partial charge in [0.05, 0.1) is 25.2 Å². The molecular weight excluding hydrogens is 422 g/mol. The first-order chi connectivity index (χ1) is 14.7. The van der Waals surface area contributed by atoms with Crippen LogP contribution in [0.4, 0.5) is 11.5 Å². The first-order valence-electron chi connectivity index (χ1n) is 9.85. The summed E-state index contributed by atoms with van der Waals surface area (Å²) in [6.45, 7) is 6.73. The van der Waals surface area contributed by atoms with Crippen molar-refractivity contribution in [3.63, 3.8) is 0 Å². The van der Waals surface area contributed by atoms with Crippen LogP contribution in [0.25, 0.3) is 0 Å². The number of hydrogen-bond acceptors (Lipinski definition) is 8. The molecule has 166 valence electrons. The molecule has 1 aromatic heterocycles. The number of nitrogens with one attached hydrogen (secondary N) is 2. The molecule has 1 aromatic carbocycles. The van der Waals surface area contributed by atoms with Crippen molar-refractivity contribution in [3.8, 4) is 5.75 Å². The molecule has 2 heterocycles. The molecule has 1 amide bonds. The zero-order chi connectivity index (χ0) is 22.6. The van der Waals surface area contributed by atoms with Gasteiger partial charge in [0.25, 0.3) is 5.91 Å². The maximum absolute atomic E-state index is 13.2. The summed E-state index contributed by atoms with van der Waals surface area (Å²) < 4.78 is 11.0. The summed E-state index contributed by atoms with van der Waals surface area (Å²) in [7, 11) is 1.51. The number of aromatic nitrogens is 2. The Balaban J connectivity index is 1.81. The van der Waals surface area contributed by atoms with E-state index in [9.17, 15) is 9.59 Å². The van der Waals surface area contributed by atoms with E-state index in [1.807, 2.05) is 0 Å². The van der Waals surface area contributed by atoms with Crippen LogP contribution in [0.3, 0.4) is 0 Å². The van der Waals surface area contributed by atoms with Gasteiger partial charge in [-0.05, 0) is 39.0 Å². The molecule has 0 spiro atoms. The number of halogens is 1. The predicted octanol–water partition coefficient (Wildman–Crippen LogP) is 2.64. The molecule has 1 unspecified atom stereocenters. The van der Waals surface area contributed by atoms with Crippen molar-refractivity contribution < 1.29 is 19.1 Å². The van der Waals surface area contributed by atoms with Crippen molar-refractivity contribution in [1.29, 1.82) is 0 Å². The highest BCUT2D eigenvalue weighted by molar-refractivity contribution is 6.29. The number of carbonyl (C=O) groups excluding carboxylic acids is 2. The molecule has 0 bridgehead atoms. The minimum Gasteiger partial charge on any atom is -0.495 e. The normalized spacial score (nSPS) is 16.5. The maximum atomic E-state index is 13.2. The van der Waals surface area contributed by atoms with Gasteiger partial charge in [-0.2, -0.15) is 0 Å². The minimum absolute atomic E-state index is 0.270. The zero-order valence-corrected chi connectivity index (χ0v) is 18.7. The van der Waals surface area contributed by atoms with E-state index in [-0.39, 0.29) is 11.1 Å².